The molecule has 1 aromatic heterocycles. The minimum atomic E-state index is -0.298. The molecule has 0 saturated heterocycles. The number of carbonyl (C=O) groups excluding carboxylic acids is 1. The van der Waals surface area contributed by atoms with Gasteiger partial charge in [0.15, 0.2) is 12.0 Å². The third kappa shape index (κ3) is 3.60. The summed E-state index contributed by atoms with van der Waals surface area (Å²) in [5.41, 5.74) is 1.67. The highest BCUT2D eigenvalue weighted by Crippen LogP contribution is 2.14. The zero-order valence-electron chi connectivity index (χ0n) is 12.2. The van der Waals surface area contributed by atoms with E-state index in [4.69, 9.17) is 4.74 Å². The fourth-order valence-corrected chi connectivity index (χ4v) is 2.14. The average Bonchev–Trinajstić information content (AvgIpc) is 2.98. The van der Waals surface area contributed by atoms with E-state index in [-0.39, 0.29) is 18.1 Å². The van der Waals surface area contributed by atoms with Crippen LogP contribution in [-0.4, -0.2) is 21.3 Å². The predicted octanol–water partition coefficient (Wildman–Crippen LogP) is 2.86. The van der Waals surface area contributed by atoms with E-state index in [2.05, 4.69) is 10.3 Å². The number of nitrogens with zero attached hydrogens (tertiary/aromatic N) is 3. The second kappa shape index (κ2) is 6.83. The topological polar surface area (TPSA) is 57.0 Å². The third-order valence-corrected chi connectivity index (χ3v) is 3.34. The number of rotatable bonds is 6. The van der Waals surface area contributed by atoms with Gasteiger partial charge in [-0.1, -0.05) is 35.5 Å². The van der Waals surface area contributed by atoms with Crippen LogP contribution >= 0.6 is 0 Å². The van der Waals surface area contributed by atoms with E-state index in [1.807, 2.05) is 30.3 Å². The normalized spacial score (nSPS) is 10.5. The first-order valence-electron chi connectivity index (χ1n) is 7.06. The highest BCUT2D eigenvalue weighted by Gasteiger charge is 2.13. The molecule has 0 N–H and O–H groups in total. The van der Waals surface area contributed by atoms with Crippen molar-refractivity contribution in [3.05, 3.63) is 77.4 Å². The summed E-state index contributed by atoms with van der Waals surface area (Å²) >= 11 is 0. The van der Waals surface area contributed by atoms with Crippen LogP contribution in [0.15, 0.2) is 54.6 Å². The van der Waals surface area contributed by atoms with Crippen LogP contribution < -0.4 is 4.74 Å². The van der Waals surface area contributed by atoms with E-state index in [0.29, 0.717) is 24.3 Å². The molecule has 0 aliphatic heterocycles. The molecule has 3 rings (SSSR count). The van der Waals surface area contributed by atoms with Crippen LogP contribution in [0.4, 0.5) is 4.39 Å². The Hall–Kier alpha value is -3.02. The first-order valence-corrected chi connectivity index (χ1v) is 7.06. The number of aromatic nitrogens is 3. The third-order valence-electron chi connectivity index (χ3n) is 3.34. The van der Waals surface area contributed by atoms with Gasteiger partial charge in [0, 0.05) is 0 Å². The van der Waals surface area contributed by atoms with Gasteiger partial charge in [-0.3, -0.25) is 4.79 Å². The maximum absolute atomic E-state index is 13.0. The fourth-order valence-electron chi connectivity index (χ4n) is 2.14. The summed E-state index contributed by atoms with van der Waals surface area (Å²) in [5.74, 6) is 0.396. The molecule has 0 atom stereocenters. The lowest BCUT2D eigenvalue weighted by Crippen LogP contribution is -2.10. The maximum Gasteiger partial charge on any atom is 0.172 e. The van der Waals surface area contributed by atoms with Gasteiger partial charge in [0.05, 0.1) is 6.54 Å². The monoisotopic (exact) mass is 311 g/mol. The molecule has 0 bridgehead atoms. The van der Waals surface area contributed by atoms with Crippen molar-refractivity contribution < 1.29 is 13.9 Å². The van der Waals surface area contributed by atoms with Crippen LogP contribution in [-0.2, 0) is 13.2 Å². The van der Waals surface area contributed by atoms with Gasteiger partial charge in [0.25, 0.3) is 0 Å². The lowest BCUT2D eigenvalue weighted by molar-refractivity contribution is 0.111. The molecule has 0 aliphatic rings. The van der Waals surface area contributed by atoms with Crippen LogP contribution in [0.1, 0.15) is 21.7 Å². The van der Waals surface area contributed by atoms with Gasteiger partial charge < -0.3 is 4.74 Å². The van der Waals surface area contributed by atoms with Gasteiger partial charge in [0.1, 0.15) is 23.9 Å². The minimum absolute atomic E-state index is 0.173. The Morgan fingerprint density at radius 3 is 2.52 bits per heavy atom. The molecule has 1 heterocycles. The highest BCUT2D eigenvalue weighted by molar-refractivity contribution is 5.73. The molecular weight excluding hydrogens is 297 g/mol. The Bertz CT molecular complexity index is 785. The summed E-state index contributed by atoms with van der Waals surface area (Å²) in [6, 6.07) is 15.4. The van der Waals surface area contributed by atoms with Crippen molar-refractivity contribution in [3.8, 4) is 5.75 Å². The average molecular weight is 311 g/mol. The van der Waals surface area contributed by atoms with E-state index in [0.717, 1.165) is 5.56 Å². The Balaban J connectivity index is 1.79. The van der Waals surface area contributed by atoms with Gasteiger partial charge in [-0.25, -0.2) is 9.07 Å². The van der Waals surface area contributed by atoms with E-state index >= 15 is 0 Å². The number of halogens is 1. The number of hydrogen-bond acceptors (Lipinski definition) is 4. The number of carbonyl (C=O) groups is 1. The molecule has 6 heteroatoms. The summed E-state index contributed by atoms with van der Waals surface area (Å²) in [6.45, 7) is 0.556. The maximum atomic E-state index is 13.0. The van der Waals surface area contributed by atoms with Crippen molar-refractivity contribution >= 4 is 6.29 Å². The summed E-state index contributed by atoms with van der Waals surface area (Å²) in [7, 11) is 0. The largest absolute Gasteiger partial charge is 0.487 e. The lowest BCUT2D eigenvalue weighted by atomic mass is 10.2. The van der Waals surface area contributed by atoms with Crippen molar-refractivity contribution in [1.29, 1.82) is 0 Å². The number of aldehydes is 1. The highest BCUT2D eigenvalue weighted by atomic mass is 19.1. The molecule has 0 fully saturated rings. The Kier molecular flexibility index (Phi) is 4.42. The molecule has 2 aromatic carbocycles. The molecule has 0 amide bonds. The number of para-hydroxylation sites is 1. The van der Waals surface area contributed by atoms with E-state index in [1.165, 1.54) is 12.1 Å². The first kappa shape index (κ1) is 14.9. The minimum Gasteiger partial charge on any atom is -0.487 e. The van der Waals surface area contributed by atoms with Crippen molar-refractivity contribution in [1.82, 2.24) is 15.0 Å². The molecule has 5 nitrogen and oxygen atoms in total. The van der Waals surface area contributed by atoms with Crippen LogP contribution in [0.2, 0.25) is 0 Å². The van der Waals surface area contributed by atoms with E-state index in [9.17, 15) is 9.18 Å². The van der Waals surface area contributed by atoms with Crippen LogP contribution in [0.25, 0.3) is 0 Å². The number of ether oxygens (including phenoxy) is 1. The van der Waals surface area contributed by atoms with Gasteiger partial charge in [-0.05, 0) is 29.8 Å². The van der Waals surface area contributed by atoms with E-state index < -0.39 is 0 Å². The molecule has 0 saturated carbocycles. The van der Waals surface area contributed by atoms with Crippen molar-refractivity contribution in [2.24, 2.45) is 0 Å². The van der Waals surface area contributed by atoms with Gasteiger partial charge in [0.2, 0.25) is 0 Å². The summed E-state index contributed by atoms with van der Waals surface area (Å²) in [4.78, 5) is 11.1. The SMILES string of the molecule is O=Cc1nnn(Cc2ccc(F)cc2)c1COc1ccccc1. The fraction of sp³-hybridized carbons (Fsp3) is 0.118. The molecule has 0 unspecified atom stereocenters. The summed E-state index contributed by atoms with van der Waals surface area (Å²) < 4.78 is 20.2. The quantitative estimate of drug-likeness (QED) is 0.657. The van der Waals surface area contributed by atoms with E-state index in [1.54, 1.807) is 16.8 Å². The van der Waals surface area contributed by atoms with Crippen LogP contribution in [0.3, 0.4) is 0 Å². The summed E-state index contributed by atoms with van der Waals surface area (Å²) in [6.07, 6.45) is 0.651. The van der Waals surface area contributed by atoms with Gasteiger partial charge >= 0.3 is 0 Å². The molecule has 23 heavy (non-hydrogen) atoms. The van der Waals surface area contributed by atoms with Gasteiger partial charge in [-0.15, -0.1) is 5.10 Å². The first-order chi connectivity index (χ1) is 11.3. The van der Waals surface area contributed by atoms with Crippen LogP contribution in [0, 0.1) is 5.82 Å². The van der Waals surface area contributed by atoms with Crippen molar-refractivity contribution in [3.63, 3.8) is 0 Å². The molecular formula is C17H14FN3O2. The predicted molar refractivity (Wildman–Crippen MR) is 81.7 cm³/mol. The second-order valence-corrected chi connectivity index (χ2v) is 4.93. The van der Waals surface area contributed by atoms with Gasteiger partial charge in [-0.2, -0.15) is 0 Å². The molecule has 0 radical (unpaired) electrons. The van der Waals surface area contributed by atoms with Crippen LogP contribution in [0.5, 0.6) is 5.75 Å². The van der Waals surface area contributed by atoms with Crippen molar-refractivity contribution in [2.45, 2.75) is 13.2 Å². The summed E-state index contributed by atoms with van der Waals surface area (Å²) in [5, 5.41) is 7.83. The molecule has 0 aliphatic carbocycles. The Labute approximate surface area is 132 Å². The molecule has 0 spiro atoms. The zero-order chi connectivity index (χ0) is 16.1. The molecule has 116 valence electrons. The number of hydrogen-bond donors (Lipinski definition) is 0. The second-order valence-electron chi connectivity index (χ2n) is 4.93. The Morgan fingerprint density at radius 1 is 1.09 bits per heavy atom. The Morgan fingerprint density at radius 2 is 1.83 bits per heavy atom. The van der Waals surface area contributed by atoms with Crippen molar-refractivity contribution in [2.75, 3.05) is 0 Å². The molecule has 3 aromatic rings. The zero-order valence-corrected chi connectivity index (χ0v) is 12.2. The lowest BCUT2D eigenvalue weighted by Gasteiger charge is -2.09. The number of benzene rings is 2. The smallest absolute Gasteiger partial charge is 0.172 e. The standard InChI is InChI=1S/C17H14FN3O2/c18-14-8-6-13(7-9-14)10-21-17(16(11-22)19-20-21)12-23-15-4-2-1-3-5-15/h1-9,11H,10,12H2.